The minimum atomic E-state index is -0.971. The number of imide groups is 2. The average Bonchev–Trinajstić information content (AvgIpc) is 2.49. The van der Waals surface area contributed by atoms with Gasteiger partial charge in [-0.3, -0.25) is 14.9 Å². The zero-order valence-electron chi connectivity index (χ0n) is 10.7. The molecule has 1 aliphatic rings. The maximum absolute atomic E-state index is 11.7. The zero-order valence-corrected chi connectivity index (χ0v) is 10.7. The molecule has 0 radical (unpaired) electrons. The minimum Gasteiger partial charge on any atom is -0.272 e. The average molecular weight is 282 g/mol. The van der Waals surface area contributed by atoms with Crippen LogP contribution >= 0.6 is 0 Å². The number of carbonyl (C=O) groups is 3. The van der Waals surface area contributed by atoms with Gasteiger partial charge in [0, 0.05) is 0 Å². The van der Waals surface area contributed by atoms with Gasteiger partial charge in [0.1, 0.15) is 5.57 Å². The lowest BCUT2D eigenvalue weighted by Gasteiger charge is -2.21. The van der Waals surface area contributed by atoms with E-state index in [1.165, 1.54) is 12.2 Å². The molecular weight excluding hydrogens is 272 g/mol. The van der Waals surface area contributed by atoms with Gasteiger partial charge < -0.3 is 0 Å². The predicted molar refractivity (Wildman–Crippen MR) is 72.8 cm³/mol. The van der Waals surface area contributed by atoms with Crippen molar-refractivity contribution in [1.29, 1.82) is 5.26 Å². The fourth-order valence-corrected chi connectivity index (χ4v) is 1.68. The molecule has 0 bridgehead atoms. The van der Waals surface area contributed by atoms with Crippen LogP contribution < -0.4 is 11.2 Å². The van der Waals surface area contributed by atoms with Crippen molar-refractivity contribution >= 4 is 23.9 Å². The van der Waals surface area contributed by atoms with Gasteiger partial charge in [-0.1, -0.05) is 30.4 Å². The monoisotopic (exact) mass is 282 g/mol. The number of urea groups is 1. The zero-order chi connectivity index (χ0) is 15.4. The number of hydrazine groups is 1. The summed E-state index contributed by atoms with van der Waals surface area (Å²) in [7, 11) is 0. The fraction of sp³-hybridized carbons (Fsp3) is 0. The highest BCUT2D eigenvalue weighted by molar-refractivity contribution is 6.28. The number of nitrogens with two attached hydrogens (primary N) is 1. The summed E-state index contributed by atoms with van der Waals surface area (Å²) in [5, 5.41) is 11.2. The number of barbiturate groups is 1. The Morgan fingerprint density at radius 1 is 1.24 bits per heavy atom. The van der Waals surface area contributed by atoms with Crippen LogP contribution in [0.4, 0.5) is 4.79 Å². The van der Waals surface area contributed by atoms with Gasteiger partial charge >= 0.3 is 6.03 Å². The number of hydrogen-bond donors (Lipinski definition) is 2. The summed E-state index contributed by atoms with van der Waals surface area (Å²) in [5.74, 6) is 3.51. The third kappa shape index (κ3) is 2.86. The van der Waals surface area contributed by atoms with Crippen LogP contribution in [0.2, 0.25) is 0 Å². The molecule has 1 aliphatic heterocycles. The Morgan fingerprint density at radius 2 is 1.95 bits per heavy atom. The smallest absolute Gasteiger partial charge is 0.272 e. The first-order valence-corrected chi connectivity index (χ1v) is 5.86. The first kappa shape index (κ1) is 14.2. The van der Waals surface area contributed by atoms with E-state index in [-0.39, 0.29) is 5.57 Å². The van der Waals surface area contributed by atoms with Crippen molar-refractivity contribution < 1.29 is 14.4 Å². The highest BCUT2D eigenvalue weighted by Crippen LogP contribution is 2.11. The van der Waals surface area contributed by atoms with E-state index >= 15 is 0 Å². The van der Waals surface area contributed by atoms with Gasteiger partial charge in [0.2, 0.25) is 0 Å². The van der Waals surface area contributed by atoms with E-state index in [9.17, 15) is 14.4 Å². The lowest BCUT2D eigenvalue weighted by molar-refractivity contribution is -0.130. The molecule has 0 aliphatic carbocycles. The van der Waals surface area contributed by atoms with Crippen LogP contribution in [0.1, 0.15) is 11.1 Å². The molecule has 1 heterocycles. The molecule has 3 N–H and O–H groups in total. The Hall–Kier alpha value is -3.24. The van der Waals surface area contributed by atoms with Crippen LogP contribution in [0.25, 0.3) is 6.08 Å². The minimum absolute atomic E-state index is 0.261. The van der Waals surface area contributed by atoms with Crippen LogP contribution in [0.3, 0.4) is 0 Å². The number of nitrogens with zero attached hydrogens (tertiary/aromatic N) is 2. The second kappa shape index (κ2) is 5.81. The number of nitriles is 1. The van der Waals surface area contributed by atoms with E-state index in [0.717, 1.165) is 0 Å². The Labute approximate surface area is 119 Å². The van der Waals surface area contributed by atoms with Crippen molar-refractivity contribution in [2.45, 2.75) is 0 Å². The van der Waals surface area contributed by atoms with Crippen LogP contribution in [0.15, 0.2) is 42.0 Å². The van der Waals surface area contributed by atoms with Gasteiger partial charge in [-0.25, -0.2) is 10.6 Å². The second-order valence-electron chi connectivity index (χ2n) is 4.07. The molecule has 1 aromatic rings. The molecule has 1 fully saturated rings. The SMILES string of the molecule is N#Cc1ccccc1/C=C/C=C1\C(=O)NC(=O)N(N)C1=O. The van der Waals surface area contributed by atoms with Crippen LogP contribution in [-0.4, -0.2) is 22.9 Å². The molecule has 0 aromatic heterocycles. The summed E-state index contributed by atoms with van der Waals surface area (Å²) in [4.78, 5) is 34.3. The predicted octanol–water partition coefficient (Wildman–Crippen LogP) is 0.450. The molecular formula is C14H10N4O3. The molecule has 7 nitrogen and oxygen atoms in total. The summed E-state index contributed by atoms with van der Waals surface area (Å²) in [6.07, 6.45) is 4.24. The van der Waals surface area contributed by atoms with Crippen molar-refractivity contribution in [2.24, 2.45) is 5.84 Å². The molecule has 21 heavy (non-hydrogen) atoms. The van der Waals surface area contributed by atoms with Crippen molar-refractivity contribution in [1.82, 2.24) is 10.3 Å². The number of benzene rings is 1. The Morgan fingerprint density at radius 3 is 2.67 bits per heavy atom. The molecule has 0 unspecified atom stereocenters. The quantitative estimate of drug-likeness (QED) is 0.353. The summed E-state index contributed by atoms with van der Waals surface area (Å²) in [6, 6.07) is 7.90. The Balaban J connectivity index is 2.26. The standard InChI is InChI=1S/C14H10N4O3/c15-8-10-5-2-1-4-9(10)6-3-7-11-12(19)17-14(21)18(16)13(11)20/h1-7H,16H2,(H,17,19,21)/b6-3+,11-7+. The van der Waals surface area contributed by atoms with E-state index in [2.05, 4.69) is 0 Å². The van der Waals surface area contributed by atoms with Gasteiger partial charge in [0.15, 0.2) is 0 Å². The number of amides is 4. The Bertz CT molecular complexity index is 728. The molecule has 1 aromatic carbocycles. The summed E-state index contributed by atoms with van der Waals surface area (Å²) >= 11 is 0. The number of nitrogens with one attached hydrogen (secondary N) is 1. The normalized spacial score (nSPS) is 17.2. The van der Waals surface area contributed by atoms with Crippen molar-refractivity contribution in [3.05, 3.63) is 53.1 Å². The lowest BCUT2D eigenvalue weighted by Crippen LogP contribution is -2.57. The van der Waals surface area contributed by atoms with Gasteiger partial charge in [-0.15, -0.1) is 0 Å². The van der Waals surface area contributed by atoms with Crippen molar-refractivity contribution in [3.63, 3.8) is 0 Å². The first-order valence-electron chi connectivity index (χ1n) is 5.86. The summed E-state index contributed by atoms with van der Waals surface area (Å²) < 4.78 is 0. The number of hydrogen-bond acceptors (Lipinski definition) is 5. The summed E-state index contributed by atoms with van der Waals surface area (Å²) in [6.45, 7) is 0. The van der Waals surface area contributed by atoms with E-state index in [0.29, 0.717) is 16.1 Å². The van der Waals surface area contributed by atoms with Crippen LogP contribution in [0, 0.1) is 11.3 Å². The maximum atomic E-state index is 11.7. The second-order valence-corrected chi connectivity index (χ2v) is 4.07. The Kier molecular flexibility index (Phi) is 3.92. The highest BCUT2D eigenvalue weighted by atomic mass is 16.2. The van der Waals surface area contributed by atoms with Gasteiger partial charge in [-0.05, 0) is 17.7 Å². The first-order chi connectivity index (χ1) is 10.0. The summed E-state index contributed by atoms with van der Waals surface area (Å²) in [5.41, 5.74) is 0.839. The molecule has 7 heteroatoms. The molecule has 0 atom stereocenters. The van der Waals surface area contributed by atoms with Gasteiger partial charge in [0.05, 0.1) is 11.6 Å². The lowest BCUT2D eigenvalue weighted by atomic mass is 10.1. The number of rotatable bonds is 2. The molecule has 4 amide bonds. The van der Waals surface area contributed by atoms with E-state index < -0.39 is 17.8 Å². The van der Waals surface area contributed by atoms with Crippen molar-refractivity contribution in [2.75, 3.05) is 0 Å². The highest BCUT2D eigenvalue weighted by Gasteiger charge is 2.33. The fourth-order valence-electron chi connectivity index (χ4n) is 1.68. The third-order valence-corrected chi connectivity index (χ3v) is 2.75. The number of carbonyl (C=O) groups excluding carboxylic acids is 3. The van der Waals surface area contributed by atoms with E-state index in [4.69, 9.17) is 11.1 Å². The van der Waals surface area contributed by atoms with Crippen LogP contribution in [0.5, 0.6) is 0 Å². The maximum Gasteiger partial charge on any atom is 0.345 e. The van der Waals surface area contributed by atoms with E-state index in [1.807, 2.05) is 11.4 Å². The molecule has 2 rings (SSSR count). The van der Waals surface area contributed by atoms with Crippen LogP contribution in [-0.2, 0) is 9.59 Å². The van der Waals surface area contributed by atoms with Crippen molar-refractivity contribution in [3.8, 4) is 6.07 Å². The molecule has 1 saturated heterocycles. The molecule has 104 valence electrons. The topological polar surface area (TPSA) is 116 Å². The molecule has 0 saturated carbocycles. The van der Waals surface area contributed by atoms with Gasteiger partial charge in [0.25, 0.3) is 11.8 Å². The third-order valence-electron chi connectivity index (χ3n) is 2.75. The molecule has 0 spiro atoms. The van der Waals surface area contributed by atoms with E-state index in [1.54, 1.807) is 30.3 Å². The largest absolute Gasteiger partial charge is 0.345 e. The number of allylic oxidation sites excluding steroid dienone is 2. The van der Waals surface area contributed by atoms with Gasteiger partial charge in [-0.2, -0.15) is 10.3 Å².